The third kappa shape index (κ3) is 4.90. The Morgan fingerprint density at radius 1 is 1.31 bits per heavy atom. The predicted octanol–water partition coefficient (Wildman–Crippen LogP) is 3.13. The number of hydrogen-bond acceptors (Lipinski definition) is 5. The third-order valence-corrected chi connectivity index (χ3v) is 7.98. The molecule has 1 heterocycles. The minimum atomic E-state index is -3.47. The molecule has 5 nitrogen and oxygen atoms in total. The van der Waals surface area contributed by atoms with Crippen molar-refractivity contribution in [3.8, 4) is 0 Å². The number of ether oxygens (including phenoxy) is 1. The van der Waals surface area contributed by atoms with E-state index in [1.807, 2.05) is 17.8 Å². The SMILES string of the molecule is COC(=O)CCCC=CC[C@H]1[C@@H]2S[C@@H]2C[C@@H]1NS(=O)(=O)c1ccccc1. The second-order valence-electron chi connectivity index (χ2n) is 6.76. The second-order valence-corrected chi connectivity index (χ2v) is 9.89. The monoisotopic (exact) mass is 395 g/mol. The van der Waals surface area contributed by atoms with Gasteiger partial charge in [-0.3, -0.25) is 4.79 Å². The van der Waals surface area contributed by atoms with Crippen LogP contribution in [0.2, 0.25) is 0 Å². The molecule has 1 aliphatic carbocycles. The molecule has 0 unspecified atom stereocenters. The molecule has 1 N–H and O–H groups in total. The van der Waals surface area contributed by atoms with Gasteiger partial charge in [0.25, 0.3) is 0 Å². The Morgan fingerprint density at radius 2 is 2.08 bits per heavy atom. The van der Waals surface area contributed by atoms with Crippen LogP contribution in [-0.2, 0) is 19.6 Å². The van der Waals surface area contributed by atoms with Crippen molar-refractivity contribution < 1.29 is 17.9 Å². The molecule has 1 aromatic carbocycles. The van der Waals surface area contributed by atoms with Crippen molar-refractivity contribution in [3.05, 3.63) is 42.5 Å². The smallest absolute Gasteiger partial charge is 0.305 e. The first-order chi connectivity index (χ1) is 12.5. The van der Waals surface area contributed by atoms with Gasteiger partial charge < -0.3 is 4.74 Å². The Labute approximate surface area is 159 Å². The topological polar surface area (TPSA) is 72.5 Å². The van der Waals surface area contributed by atoms with Crippen LogP contribution < -0.4 is 4.72 Å². The molecule has 1 saturated heterocycles. The van der Waals surface area contributed by atoms with Crippen LogP contribution in [0, 0.1) is 5.92 Å². The fourth-order valence-electron chi connectivity index (χ4n) is 3.52. The van der Waals surface area contributed by atoms with Crippen molar-refractivity contribution in [2.24, 2.45) is 5.92 Å². The number of thioether (sulfide) groups is 1. The molecule has 0 amide bonds. The van der Waals surface area contributed by atoms with Gasteiger partial charge in [0.1, 0.15) is 0 Å². The summed E-state index contributed by atoms with van der Waals surface area (Å²) in [5, 5.41) is 1.16. The fraction of sp³-hybridized carbons (Fsp3) is 0.526. The van der Waals surface area contributed by atoms with E-state index in [4.69, 9.17) is 0 Å². The van der Waals surface area contributed by atoms with Crippen LogP contribution in [0.5, 0.6) is 0 Å². The molecule has 0 bridgehead atoms. The minimum absolute atomic E-state index is 0.00354. The summed E-state index contributed by atoms with van der Waals surface area (Å²) < 4.78 is 32.7. The highest BCUT2D eigenvalue weighted by Gasteiger charge is 2.54. The van der Waals surface area contributed by atoms with Crippen LogP contribution in [-0.4, -0.2) is 38.0 Å². The standard InChI is InChI=1S/C19H25NO4S2/c1-24-18(21)12-8-3-2-7-11-15-16(13-17-19(15)25-17)20-26(22,23)14-9-5-4-6-10-14/h2,4-7,9-10,15-17,19-20H,3,8,11-13H2,1H3/t15-,16+,17-,19+/m1/s1. The summed E-state index contributed by atoms with van der Waals surface area (Å²) >= 11 is 1.96. The number of hydrogen-bond donors (Lipinski definition) is 1. The Morgan fingerprint density at radius 3 is 2.81 bits per heavy atom. The maximum atomic E-state index is 12.6. The van der Waals surface area contributed by atoms with Gasteiger partial charge in [0.2, 0.25) is 10.0 Å². The Kier molecular flexibility index (Phi) is 6.42. The van der Waals surface area contributed by atoms with Crippen LogP contribution in [0.25, 0.3) is 0 Å². The lowest BCUT2D eigenvalue weighted by Crippen LogP contribution is -2.39. The van der Waals surface area contributed by atoms with Crippen molar-refractivity contribution in [3.63, 3.8) is 0 Å². The molecule has 2 aliphatic rings. The summed E-state index contributed by atoms with van der Waals surface area (Å²) in [7, 11) is -2.06. The highest BCUT2D eigenvalue weighted by molar-refractivity contribution is 8.07. The first kappa shape index (κ1) is 19.5. The number of unbranched alkanes of at least 4 members (excludes halogenated alkanes) is 1. The number of nitrogens with one attached hydrogen (secondary N) is 1. The Hall–Kier alpha value is -1.31. The molecule has 4 atom stereocenters. The molecule has 1 aliphatic heterocycles. The normalized spacial score (nSPS) is 27.4. The van der Waals surface area contributed by atoms with Gasteiger partial charge in [0.05, 0.1) is 12.0 Å². The summed E-state index contributed by atoms with van der Waals surface area (Å²) in [5.74, 6) is 0.155. The van der Waals surface area contributed by atoms with E-state index in [2.05, 4.69) is 21.6 Å². The van der Waals surface area contributed by atoms with Crippen molar-refractivity contribution in [1.82, 2.24) is 4.72 Å². The largest absolute Gasteiger partial charge is 0.469 e. The zero-order valence-electron chi connectivity index (χ0n) is 14.8. The first-order valence-corrected chi connectivity index (χ1v) is 11.4. The van der Waals surface area contributed by atoms with E-state index >= 15 is 0 Å². The van der Waals surface area contributed by atoms with Gasteiger partial charge in [-0.25, -0.2) is 13.1 Å². The van der Waals surface area contributed by atoms with E-state index in [1.165, 1.54) is 7.11 Å². The molecule has 0 spiro atoms. The second kappa shape index (κ2) is 8.59. The molecule has 26 heavy (non-hydrogen) atoms. The number of esters is 1. The number of benzene rings is 1. The van der Waals surface area contributed by atoms with Gasteiger partial charge in [0.15, 0.2) is 0 Å². The summed E-state index contributed by atoms with van der Waals surface area (Å²) in [4.78, 5) is 11.4. The number of carbonyl (C=O) groups is 1. The molecule has 142 valence electrons. The maximum Gasteiger partial charge on any atom is 0.305 e. The van der Waals surface area contributed by atoms with Crippen LogP contribution in [0.4, 0.5) is 0 Å². The lowest BCUT2D eigenvalue weighted by molar-refractivity contribution is -0.140. The molecule has 1 saturated carbocycles. The number of methoxy groups -OCH3 is 1. The Bertz CT molecular complexity index is 748. The van der Waals surface area contributed by atoms with Crippen LogP contribution >= 0.6 is 11.8 Å². The van der Waals surface area contributed by atoms with Crippen molar-refractivity contribution in [1.29, 1.82) is 0 Å². The van der Waals surface area contributed by atoms with Crippen LogP contribution in [0.15, 0.2) is 47.4 Å². The molecule has 0 aromatic heterocycles. The first-order valence-electron chi connectivity index (χ1n) is 8.96. The lowest BCUT2D eigenvalue weighted by Gasteiger charge is -2.22. The summed E-state index contributed by atoms with van der Waals surface area (Å²) in [6, 6.07) is 8.55. The van der Waals surface area contributed by atoms with E-state index < -0.39 is 10.0 Å². The zero-order chi connectivity index (χ0) is 18.6. The van der Waals surface area contributed by atoms with E-state index in [-0.39, 0.29) is 12.0 Å². The van der Waals surface area contributed by atoms with Crippen molar-refractivity contribution in [2.75, 3.05) is 7.11 Å². The Balaban J connectivity index is 1.51. The van der Waals surface area contributed by atoms with Gasteiger partial charge in [-0.15, -0.1) is 0 Å². The van der Waals surface area contributed by atoms with Gasteiger partial charge in [-0.05, 0) is 43.7 Å². The highest BCUT2D eigenvalue weighted by Crippen LogP contribution is 2.57. The van der Waals surface area contributed by atoms with Gasteiger partial charge in [-0.1, -0.05) is 30.4 Å². The lowest BCUT2D eigenvalue weighted by atomic mass is 9.99. The summed E-state index contributed by atoms with van der Waals surface area (Å²) in [5.41, 5.74) is 0. The number of allylic oxidation sites excluding steroid dienone is 2. The van der Waals surface area contributed by atoms with Crippen molar-refractivity contribution in [2.45, 2.75) is 53.5 Å². The number of carbonyl (C=O) groups excluding carboxylic acids is 1. The van der Waals surface area contributed by atoms with E-state index in [9.17, 15) is 13.2 Å². The third-order valence-electron chi connectivity index (χ3n) is 4.96. The minimum Gasteiger partial charge on any atom is -0.469 e. The molecule has 1 aromatic rings. The molecule has 7 heteroatoms. The number of rotatable bonds is 9. The summed E-state index contributed by atoms with van der Waals surface area (Å²) in [6.07, 6.45) is 8.04. The average molecular weight is 396 g/mol. The predicted molar refractivity (Wildman–Crippen MR) is 103 cm³/mol. The van der Waals surface area contributed by atoms with E-state index in [0.29, 0.717) is 27.7 Å². The maximum absolute atomic E-state index is 12.6. The fourth-order valence-corrected chi connectivity index (χ4v) is 6.28. The molecule has 2 fully saturated rings. The molecular formula is C19H25NO4S2. The van der Waals surface area contributed by atoms with Gasteiger partial charge in [-0.2, -0.15) is 11.8 Å². The molecule has 0 radical (unpaired) electrons. The average Bonchev–Trinajstić information content (AvgIpc) is 3.32. The summed E-state index contributed by atoms with van der Waals surface area (Å²) in [6.45, 7) is 0. The number of sulfonamides is 1. The van der Waals surface area contributed by atoms with Crippen molar-refractivity contribution >= 4 is 27.8 Å². The molecular weight excluding hydrogens is 370 g/mol. The van der Waals surface area contributed by atoms with Crippen LogP contribution in [0.1, 0.15) is 32.1 Å². The van der Waals surface area contributed by atoms with E-state index in [0.717, 1.165) is 25.7 Å². The number of fused-ring (bicyclic) bond motifs is 1. The van der Waals surface area contributed by atoms with E-state index in [1.54, 1.807) is 24.3 Å². The van der Waals surface area contributed by atoms with Gasteiger partial charge >= 0.3 is 5.97 Å². The van der Waals surface area contributed by atoms with Gasteiger partial charge in [0, 0.05) is 23.0 Å². The van der Waals surface area contributed by atoms with Crippen LogP contribution in [0.3, 0.4) is 0 Å². The highest BCUT2D eigenvalue weighted by atomic mass is 32.2. The quantitative estimate of drug-likeness (QED) is 0.301. The zero-order valence-corrected chi connectivity index (χ0v) is 16.5. The molecule has 3 rings (SSSR count).